The van der Waals surface area contributed by atoms with Gasteiger partial charge in [0.1, 0.15) is 5.82 Å². The van der Waals surface area contributed by atoms with Crippen molar-refractivity contribution < 1.29 is 22.9 Å². The highest BCUT2D eigenvalue weighted by Crippen LogP contribution is 2.34. The summed E-state index contributed by atoms with van der Waals surface area (Å²) in [5, 5.41) is 17.3. The monoisotopic (exact) mass is 436 g/mol. The summed E-state index contributed by atoms with van der Waals surface area (Å²) in [6.07, 6.45) is -4.58. The molecule has 0 spiro atoms. The maximum Gasteiger partial charge on any atom is 0.418 e. The maximum atomic E-state index is 13.3. The minimum Gasteiger partial charge on any atom is -0.310 e. The molecule has 11 heteroatoms. The third-order valence-corrected chi connectivity index (χ3v) is 4.97. The van der Waals surface area contributed by atoms with Crippen molar-refractivity contribution in [2.75, 3.05) is 11.1 Å². The number of nitro benzene ring substituents is 1. The molecular weight excluding hydrogens is 421 g/mol. The molecular formula is C19H15F3N4O3S. The first kappa shape index (κ1) is 21.4. The molecule has 1 aromatic heterocycles. The molecule has 7 nitrogen and oxygen atoms in total. The first-order valence-corrected chi connectivity index (χ1v) is 9.54. The van der Waals surface area contributed by atoms with E-state index in [1.54, 1.807) is 6.92 Å². The van der Waals surface area contributed by atoms with Gasteiger partial charge in [-0.2, -0.15) is 18.3 Å². The van der Waals surface area contributed by atoms with E-state index in [2.05, 4.69) is 10.4 Å². The van der Waals surface area contributed by atoms with E-state index in [0.717, 1.165) is 22.5 Å². The summed E-state index contributed by atoms with van der Waals surface area (Å²) in [5.41, 5.74) is -0.697. The molecule has 0 aliphatic rings. The number of nitrogens with zero attached hydrogens (tertiary/aromatic N) is 3. The van der Waals surface area contributed by atoms with Crippen molar-refractivity contribution >= 4 is 29.2 Å². The zero-order valence-electron chi connectivity index (χ0n) is 15.5. The Kier molecular flexibility index (Phi) is 6.11. The van der Waals surface area contributed by atoms with Crippen LogP contribution in [0.2, 0.25) is 0 Å². The molecule has 0 atom stereocenters. The lowest BCUT2D eigenvalue weighted by Gasteiger charge is -2.15. The van der Waals surface area contributed by atoms with Crippen molar-refractivity contribution in [3.63, 3.8) is 0 Å². The van der Waals surface area contributed by atoms with Gasteiger partial charge in [0.2, 0.25) is 5.91 Å². The Hall–Kier alpha value is -3.34. The fourth-order valence-electron chi connectivity index (χ4n) is 2.66. The molecule has 0 aliphatic heterocycles. The van der Waals surface area contributed by atoms with E-state index >= 15 is 0 Å². The van der Waals surface area contributed by atoms with Crippen molar-refractivity contribution in [3.8, 4) is 5.69 Å². The second-order valence-corrected chi connectivity index (χ2v) is 7.23. The van der Waals surface area contributed by atoms with Crippen LogP contribution in [0, 0.1) is 17.0 Å². The van der Waals surface area contributed by atoms with Gasteiger partial charge in [-0.15, -0.1) is 11.8 Å². The molecule has 1 N–H and O–H groups in total. The summed E-state index contributed by atoms with van der Waals surface area (Å²) in [4.78, 5) is 23.1. The summed E-state index contributed by atoms with van der Waals surface area (Å²) in [5.74, 6) is -0.384. The van der Waals surface area contributed by atoms with Crippen LogP contribution < -0.4 is 5.32 Å². The van der Waals surface area contributed by atoms with Crippen LogP contribution in [0.25, 0.3) is 5.69 Å². The summed E-state index contributed by atoms with van der Waals surface area (Å²) in [6, 6.07) is 12.1. The van der Waals surface area contributed by atoms with Gasteiger partial charge in [0.15, 0.2) is 0 Å². The lowest BCUT2D eigenvalue weighted by molar-refractivity contribution is -0.384. The Morgan fingerprint density at radius 3 is 2.50 bits per heavy atom. The molecule has 0 saturated heterocycles. The van der Waals surface area contributed by atoms with Gasteiger partial charge in [-0.05, 0) is 31.2 Å². The summed E-state index contributed by atoms with van der Waals surface area (Å²) < 4.78 is 41.1. The Labute approximate surface area is 173 Å². The van der Waals surface area contributed by atoms with E-state index in [9.17, 15) is 28.1 Å². The predicted octanol–water partition coefficient (Wildman–Crippen LogP) is 4.84. The van der Waals surface area contributed by atoms with Crippen molar-refractivity contribution in [1.29, 1.82) is 0 Å². The Balaban J connectivity index is 1.75. The van der Waals surface area contributed by atoms with Crippen LogP contribution in [0.5, 0.6) is 0 Å². The van der Waals surface area contributed by atoms with Gasteiger partial charge >= 0.3 is 6.18 Å². The number of anilines is 1. The maximum absolute atomic E-state index is 13.3. The van der Waals surface area contributed by atoms with Crippen molar-refractivity contribution in [3.05, 3.63) is 76.0 Å². The SMILES string of the molecule is Cc1cc(NC(=O)CSc2ccc([N+](=O)[O-])cc2)n(-c2ccccc2C(F)(F)F)n1. The average molecular weight is 436 g/mol. The molecule has 3 aromatic rings. The number of hydrogen-bond acceptors (Lipinski definition) is 5. The molecule has 0 fully saturated rings. The fraction of sp³-hybridized carbons (Fsp3) is 0.158. The largest absolute Gasteiger partial charge is 0.418 e. The number of rotatable bonds is 6. The van der Waals surface area contributed by atoms with Gasteiger partial charge < -0.3 is 5.32 Å². The normalized spacial score (nSPS) is 11.3. The Morgan fingerprint density at radius 2 is 1.87 bits per heavy atom. The van der Waals surface area contributed by atoms with E-state index in [0.29, 0.717) is 10.6 Å². The average Bonchev–Trinajstić information content (AvgIpc) is 3.06. The number of nitrogens with one attached hydrogen (secondary N) is 1. The molecule has 30 heavy (non-hydrogen) atoms. The van der Waals surface area contributed by atoms with E-state index in [1.807, 2.05) is 0 Å². The number of thioether (sulfide) groups is 1. The first-order chi connectivity index (χ1) is 14.1. The number of hydrogen-bond donors (Lipinski definition) is 1. The van der Waals surface area contributed by atoms with Crippen LogP contribution in [-0.2, 0) is 11.0 Å². The van der Waals surface area contributed by atoms with Gasteiger partial charge in [0.05, 0.1) is 27.6 Å². The fourth-order valence-corrected chi connectivity index (χ4v) is 3.36. The molecule has 0 radical (unpaired) electrons. The third-order valence-electron chi connectivity index (χ3n) is 3.95. The van der Waals surface area contributed by atoms with E-state index in [4.69, 9.17) is 0 Å². The van der Waals surface area contributed by atoms with E-state index in [1.165, 1.54) is 48.5 Å². The smallest absolute Gasteiger partial charge is 0.310 e. The van der Waals surface area contributed by atoms with Crippen molar-refractivity contribution in [1.82, 2.24) is 9.78 Å². The summed E-state index contributed by atoms with van der Waals surface area (Å²) in [6.45, 7) is 1.61. The van der Waals surface area contributed by atoms with Crippen LogP contribution in [0.4, 0.5) is 24.7 Å². The number of carbonyl (C=O) groups is 1. The van der Waals surface area contributed by atoms with Crippen LogP contribution >= 0.6 is 11.8 Å². The lowest BCUT2D eigenvalue weighted by atomic mass is 10.1. The highest BCUT2D eigenvalue weighted by Gasteiger charge is 2.34. The van der Waals surface area contributed by atoms with Gasteiger partial charge in [-0.1, -0.05) is 12.1 Å². The number of carbonyl (C=O) groups excluding carboxylic acids is 1. The number of aromatic nitrogens is 2. The van der Waals surface area contributed by atoms with Gasteiger partial charge in [0, 0.05) is 23.1 Å². The highest BCUT2D eigenvalue weighted by atomic mass is 32.2. The van der Waals surface area contributed by atoms with Crippen molar-refractivity contribution in [2.24, 2.45) is 0 Å². The van der Waals surface area contributed by atoms with Crippen LogP contribution in [-0.4, -0.2) is 26.4 Å². The topological polar surface area (TPSA) is 90.1 Å². The second-order valence-electron chi connectivity index (χ2n) is 6.19. The zero-order chi connectivity index (χ0) is 21.9. The Morgan fingerprint density at radius 1 is 1.20 bits per heavy atom. The van der Waals surface area contributed by atoms with E-state index in [-0.39, 0.29) is 22.9 Å². The molecule has 0 unspecified atom stereocenters. The van der Waals surface area contributed by atoms with Gasteiger partial charge in [0.25, 0.3) is 5.69 Å². The molecule has 0 aliphatic carbocycles. The highest BCUT2D eigenvalue weighted by molar-refractivity contribution is 8.00. The standard InChI is InChI=1S/C19H15F3N4O3S/c1-12-10-17(25(24-12)16-5-3-2-4-15(16)19(20,21)22)23-18(27)11-30-14-8-6-13(7-9-14)26(28)29/h2-10H,11H2,1H3,(H,23,27). The quantitative estimate of drug-likeness (QED) is 0.339. The number of non-ortho nitro benzene ring substituents is 1. The second kappa shape index (κ2) is 8.57. The molecule has 2 aromatic carbocycles. The molecule has 0 bridgehead atoms. The lowest BCUT2D eigenvalue weighted by Crippen LogP contribution is -2.18. The summed E-state index contributed by atoms with van der Waals surface area (Å²) in [7, 11) is 0. The minimum absolute atomic E-state index is 0.0387. The van der Waals surface area contributed by atoms with Crippen LogP contribution in [0.3, 0.4) is 0 Å². The number of amides is 1. The molecule has 0 saturated carbocycles. The van der Waals surface area contributed by atoms with Crippen molar-refractivity contribution in [2.45, 2.75) is 18.0 Å². The number of para-hydroxylation sites is 1. The van der Waals surface area contributed by atoms with Crippen LogP contribution in [0.15, 0.2) is 59.5 Å². The Bertz CT molecular complexity index is 1080. The number of benzene rings is 2. The number of halogens is 3. The first-order valence-electron chi connectivity index (χ1n) is 8.55. The predicted molar refractivity (Wildman–Crippen MR) is 106 cm³/mol. The minimum atomic E-state index is -4.58. The van der Waals surface area contributed by atoms with E-state index < -0.39 is 22.6 Å². The molecule has 1 heterocycles. The molecule has 156 valence electrons. The number of nitro groups is 1. The van der Waals surface area contributed by atoms with Crippen LogP contribution in [0.1, 0.15) is 11.3 Å². The third kappa shape index (κ3) is 4.98. The zero-order valence-corrected chi connectivity index (χ0v) is 16.3. The van der Waals surface area contributed by atoms with Gasteiger partial charge in [-0.25, -0.2) is 4.68 Å². The van der Waals surface area contributed by atoms with Gasteiger partial charge in [-0.3, -0.25) is 14.9 Å². The number of alkyl halides is 3. The summed E-state index contributed by atoms with van der Waals surface area (Å²) >= 11 is 1.14. The molecule has 1 amide bonds. The number of aryl methyl sites for hydroxylation is 1. The molecule has 3 rings (SSSR count).